The van der Waals surface area contributed by atoms with Gasteiger partial charge >= 0.3 is 0 Å². The van der Waals surface area contributed by atoms with Gasteiger partial charge in [-0.1, -0.05) is 22.7 Å². The Morgan fingerprint density at radius 1 is 1.35 bits per heavy atom. The highest BCUT2D eigenvalue weighted by atomic mass is 32.2. The van der Waals surface area contributed by atoms with Crippen LogP contribution in [-0.4, -0.2) is 20.9 Å². The van der Waals surface area contributed by atoms with Gasteiger partial charge in [0.05, 0.1) is 27.2 Å². The number of hydrogen-bond acceptors (Lipinski definition) is 7. The molecule has 0 unspecified atom stereocenters. The third-order valence-electron chi connectivity index (χ3n) is 2.65. The predicted octanol–water partition coefficient (Wildman–Crippen LogP) is 2.37. The quantitative estimate of drug-likeness (QED) is 0.880. The zero-order valence-corrected chi connectivity index (χ0v) is 13.2. The number of nitrogens with zero attached hydrogens (tertiary/aromatic N) is 2. The van der Waals surface area contributed by atoms with E-state index in [0.717, 1.165) is 22.7 Å². The maximum absolute atomic E-state index is 11.6. The van der Waals surface area contributed by atoms with Gasteiger partial charge in [-0.3, -0.25) is 9.59 Å². The molecule has 0 aliphatic carbocycles. The fourth-order valence-corrected chi connectivity index (χ4v) is 4.03. The number of aliphatic hydroxyl groups is 1. The lowest BCUT2D eigenvalue weighted by molar-refractivity contribution is 0.0832. The van der Waals surface area contributed by atoms with E-state index in [4.69, 9.17) is 0 Å². The van der Waals surface area contributed by atoms with Gasteiger partial charge in [-0.2, -0.15) is 0 Å². The molecule has 0 aromatic carbocycles. The Kier molecular flexibility index (Phi) is 3.86. The number of carbonyl (C=O) groups excluding carboxylic acids is 1. The summed E-state index contributed by atoms with van der Waals surface area (Å²) in [5.41, 5.74) is 0.227. The van der Waals surface area contributed by atoms with Crippen LogP contribution in [0, 0.1) is 6.92 Å². The molecular formula is C13H14N2O3S2. The number of ketones is 1. The summed E-state index contributed by atoms with van der Waals surface area (Å²) in [7, 11) is 0. The van der Waals surface area contributed by atoms with Crippen molar-refractivity contribution in [2.75, 3.05) is 0 Å². The first-order chi connectivity index (χ1) is 9.20. The molecule has 0 radical (unpaired) electrons. The van der Waals surface area contributed by atoms with E-state index in [1.54, 1.807) is 20.8 Å². The lowest BCUT2D eigenvalue weighted by Gasteiger charge is -2.16. The van der Waals surface area contributed by atoms with Gasteiger partial charge in [0.25, 0.3) is 4.06 Å². The Balaban J connectivity index is 2.61. The first-order valence-electron chi connectivity index (χ1n) is 5.92. The predicted molar refractivity (Wildman–Crippen MR) is 79.5 cm³/mol. The number of aromatic nitrogens is 2. The van der Waals surface area contributed by atoms with Gasteiger partial charge in [0.1, 0.15) is 11.4 Å². The number of Topliss-reactive ketones (excluding diaryl/α,β-unsaturated/α-hetero) is 1. The maximum atomic E-state index is 11.6. The van der Waals surface area contributed by atoms with Crippen molar-refractivity contribution in [3.05, 3.63) is 31.3 Å². The van der Waals surface area contributed by atoms with Crippen LogP contribution in [0.3, 0.4) is 0 Å². The van der Waals surface area contributed by atoms with Crippen LogP contribution in [0.2, 0.25) is 0 Å². The molecule has 2 aromatic heterocycles. The standard InChI is InChI=1S/C13H14N2O3S2/c1-6-9(7(2)16)14-5-8(15-6)10-11(13(3,4)18)20-12(17)19-10/h5,18H,1-4H3. The SMILES string of the molecule is CC(=O)c1ncc(-c2sc(=O)sc2C(C)(C)O)nc1C. The fourth-order valence-electron chi connectivity index (χ4n) is 1.79. The summed E-state index contributed by atoms with van der Waals surface area (Å²) in [6.07, 6.45) is 1.47. The number of rotatable bonds is 3. The second kappa shape index (κ2) is 5.16. The molecule has 0 saturated carbocycles. The molecule has 0 bridgehead atoms. The van der Waals surface area contributed by atoms with Crippen LogP contribution in [0.5, 0.6) is 0 Å². The van der Waals surface area contributed by atoms with E-state index in [-0.39, 0.29) is 9.84 Å². The molecule has 2 heterocycles. The third kappa shape index (κ3) is 2.84. The fraction of sp³-hybridized carbons (Fsp3) is 0.385. The molecule has 0 saturated heterocycles. The molecule has 7 heteroatoms. The van der Waals surface area contributed by atoms with Crippen molar-refractivity contribution < 1.29 is 9.90 Å². The van der Waals surface area contributed by atoms with Gasteiger partial charge in [-0.05, 0) is 20.8 Å². The molecule has 2 rings (SSSR count). The van der Waals surface area contributed by atoms with Crippen molar-refractivity contribution >= 4 is 28.5 Å². The lowest BCUT2D eigenvalue weighted by atomic mass is 10.1. The summed E-state index contributed by atoms with van der Waals surface area (Å²) < 4.78 is -0.104. The van der Waals surface area contributed by atoms with E-state index in [9.17, 15) is 14.7 Å². The molecular weight excluding hydrogens is 296 g/mol. The van der Waals surface area contributed by atoms with Crippen LogP contribution in [-0.2, 0) is 5.60 Å². The Bertz CT molecular complexity index is 726. The largest absolute Gasteiger partial charge is 0.385 e. The normalized spacial score (nSPS) is 11.7. The number of hydrogen-bond donors (Lipinski definition) is 1. The number of carbonyl (C=O) groups is 1. The molecule has 0 fully saturated rings. The van der Waals surface area contributed by atoms with Crippen LogP contribution in [0.4, 0.5) is 0 Å². The van der Waals surface area contributed by atoms with Crippen LogP contribution >= 0.6 is 22.7 Å². The zero-order chi connectivity index (χ0) is 15.1. The Labute approximate surface area is 124 Å². The van der Waals surface area contributed by atoms with E-state index in [0.29, 0.717) is 26.8 Å². The molecule has 0 aliphatic heterocycles. The molecule has 0 aliphatic rings. The second-order valence-corrected chi connectivity index (χ2v) is 7.14. The average molecular weight is 310 g/mol. The van der Waals surface area contributed by atoms with Crippen molar-refractivity contribution in [1.29, 1.82) is 0 Å². The van der Waals surface area contributed by atoms with Crippen LogP contribution in [0.15, 0.2) is 11.0 Å². The Morgan fingerprint density at radius 3 is 2.50 bits per heavy atom. The van der Waals surface area contributed by atoms with Crippen molar-refractivity contribution in [2.24, 2.45) is 0 Å². The minimum atomic E-state index is -1.12. The van der Waals surface area contributed by atoms with Crippen LogP contribution < -0.4 is 4.06 Å². The van der Waals surface area contributed by atoms with Crippen LogP contribution in [0.25, 0.3) is 10.6 Å². The van der Waals surface area contributed by atoms with Crippen molar-refractivity contribution in [1.82, 2.24) is 9.97 Å². The van der Waals surface area contributed by atoms with Gasteiger partial charge in [-0.25, -0.2) is 9.97 Å². The first-order valence-corrected chi connectivity index (χ1v) is 7.55. The monoisotopic (exact) mass is 310 g/mol. The summed E-state index contributed by atoms with van der Waals surface area (Å²) in [5, 5.41) is 10.1. The minimum absolute atomic E-state index is 0.104. The van der Waals surface area contributed by atoms with Gasteiger partial charge in [0.15, 0.2) is 5.78 Å². The highest BCUT2D eigenvalue weighted by Crippen LogP contribution is 2.35. The maximum Gasteiger partial charge on any atom is 0.288 e. The topological polar surface area (TPSA) is 80.2 Å². The van der Waals surface area contributed by atoms with Crippen molar-refractivity contribution in [2.45, 2.75) is 33.3 Å². The molecule has 5 nitrogen and oxygen atoms in total. The Hall–Kier alpha value is -1.44. The second-order valence-electron chi connectivity index (χ2n) is 4.92. The third-order valence-corrected chi connectivity index (χ3v) is 5.13. The van der Waals surface area contributed by atoms with Gasteiger partial charge in [0.2, 0.25) is 0 Å². The van der Waals surface area contributed by atoms with Gasteiger partial charge in [0, 0.05) is 6.92 Å². The van der Waals surface area contributed by atoms with Crippen molar-refractivity contribution in [3.63, 3.8) is 0 Å². The highest BCUT2D eigenvalue weighted by molar-refractivity contribution is 7.29. The molecule has 20 heavy (non-hydrogen) atoms. The average Bonchev–Trinajstić information content (AvgIpc) is 2.70. The van der Waals surface area contributed by atoms with Crippen LogP contribution in [0.1, 0.15) is 41.8 Å². The molecule has 0 atom stereocenters. The van der Waals surface area contributed by atoms with E-state index in [1.807, 2.05) is 0 Å². The van der Waals surface area contributed by atoms with E-state index >= 15 is 0 Å². The lowest BCUT2D eigenvalue weighted by Crippen LogP contribution is -2.15. The summed E-state index contributed by atoms with van der Waals surface area (Å²) >= 11 is 2.04. The molecule has 106 valence electrons. The first kappa shape index (κ1) is 15.0. The minimum Gasteiger partial charge on any atom is -0.385 e. The molecule has 0 spiro atoms. The van der Waals surface area contributed by atoms with E-state index in [1.165, 1.54) is 13.1 Å². The molecule has 1 N–H and O–H groups in total. The Morgan fingerprint density at radius 2 is 2.00 bits per heavy atom. The summed E-state index contributed by atoms with van der Waals surface area (Å²) in [6.45, 7) is 6.38. The van der Waals surface area contributed by atoms with E-state index < -0.39 is 5.60 Å². The highest BCUT2D eigenvalue weighted by Gasteiger charge is 2.26. The smallest absolute Gasteiger partial charge is 0.288 e. The molecule has 0 amide bonds. The number of aryl methyl sites for hydroxylation is 1. The van der Waals surface area contributed by atoms with Gasteiger partial charge < -0.3 is 5.11 Å². The van der Waals surface area contributed by atoms with E-state index in [2.05, 4.69) is 9.97 Å². The van der Waals surface area contributed by atoms with Gasteiger partial charge in [-0.15, -0.1) is 0 Å². The zero-order valence-electron chi connectivity index (χ0n) is 11.6. The molecule has 2 aromatic rings. The summed E-state index contributed by atoms with van der Waals surface area (Å²) in [6, 6.07) is 0. The summed E-state index contributed by atoms with van der Waals surface area (Å²) in [5.74, 6) is -0.150. The summed E-state index contributed by atoms with van der Waals surface area (Å²) in [4.78, 5) is 32.6. The van der Waals surface area contributed by atoms with Crippen molar-refractivity contribution in [3.8, 4) is 10.6 Å².